The number of imide groups is 1. The minimum absolute atomic E-state index is 0.116. The number of urea groups is 1. The van der Waals surface area contributed by atoms with E-state index >= 15 is 0 Å². The summed E-state index contributed by atoms with van der Waals surface area (Å²) in [6.45, 7) is 4.00. The molecule has 23 heavy (non-hydrogen) atoms. The number of hydrogen-bond donors (Lipinski definition) is 1. The Bertz CT molecular complexity index is 798. The summed E-state index contributed by atoms with van der Waals surface area (Å²) in [4.78, 5) is 41.0. The van der Waals surface area contributed by atoms with E-state index in [1.807, 2.05) is 19.1 Å². The molecule has 1 aliphatic heterocycles. The number of carbonyl (C=O) groups excluding carboxylic acids is 3. The number of aromatic nitrogens is 2. The van der Waals surface area contributed by atoms with Crippen LogP contribution >= 0.6 is 0 Å². The quantitative estimate of drug-likeness (QED) is 0.843. The minimum Gasteiger partial charge on any atom is -0.448 e. The number of hydrogen-bond acceptors (Lipinski definition) is 5. The molecule has 0 aliphatic carbocycles. The molecule has 1 saturated heterocycles. The van der Waals surface area contributed by atoms with Gasteiger partial charge in [-0.15, -0.1) is 0 Å². The van der Waals surface area contributed by atoms with Crippen LogP contribution in [0.2, 0.25) is 0 Å². The molecule has 8 heteroatoms. The lowest BCUT2D eigenvalue weighted by Gasteiger charge is -2.17. The maximum absolute atomic E-state index is 12.2. The van der Waals surface area contributed by atoms with E-state index in [0.717, 1.165) is 10.6 Å². The van der Waals surface area contributed by atoms with Crippen LogP contribution in [-0.2, 0) is 9.53 Å². The Kier molecular flexibility index (Phi) is 3.73. The number of rotatable bonds is 3. The molecule has 8 nitrogen and oxygen atoms in total. The zero-order valence-electron chi connectivity index (χ0n) is 12.8. The van der Waals surface area contributed by atoms with Crippen molar-refractivity contribution in [3.05, 3.63) is 35.8 Å². The van der Waals surface area contributed by atoms with Gasteiger partial charge in [0.2, 0.25) is 0 Å². The number of imidazole rings is 1. The van der Waals surface area contributed by atoms with Gasteiger partial charge in [0.25, 0.3) is 5.91 Å². The number of esters is 1. The summed E-state index contributed by atoms with van der Waals surface area (Å²) in [5.74, 6) is -1.25. The molecule has 120 valence electrons. The first kappa shape index (κ1) is 15.0. The van der Waals surface area contributed by atoms with Crippen molar-refractivity contribution in [2.75, 3.05) is 13.1 Å². The molecule has 0 unspecified atom stereocenters. The molecule has 0 saturated carbocycles. The van der Waals surface area contributed by atoms with Crippen molar-refractivity contribution >= 4 is 23.6 Å². The second-order valence-electron chi connectivity index (χ2n) is 5.29. The number of nitrogens with one attached hydrogen (secondary N) is 1. The molecule has 1 aliphatic rings. The highest BCUT2D eigenvalue weighted by Crippen LogP contribution is 2.11. The smallest absolute Gasteiger partial charge is 0.359 e. The van der Waals surface area contributed by atoms with Crippen molar-refractivity contribution in [2.45, 2.75) is 20.0 Å². The highest BCUT2D eigenvalue weighted by atomic mass is 16.5. The van der Waals surface area contributed by atoms with Crippen LogP contribution in [0.4, 0.5) is 4.79 Å². The van der Waals surface area contributed by atoms with Gasteiger partial charge >= 0.3 is 12.0 Å². The number of fused-ring (bicyclic) bond motifs is 1. The highest BCUT2D eigenvalue weighted by molar-refractivity contribution is 5.99. The van der Waals surface area contributed by atoms with Gasteiger partial charge in [0.1, 0.15) is 5.65 Å². The van der Waals surface area contributed by atoms with Crippen molar-refractivity contribution in [3.63, 3.8) is 0 Å². The summed E-state index contributed by atoms with van der Waals surface area (Å²) >= 11 is 0. The second kappa shape index (κ2) is 5.71. The van der Waals surface area contributed by atoms with Crippen molar-refractivity contribution in [1.82, 2.24) is 19.6 Å². The normalized spacial score (nSPS) is 15.6. The van der Waals surface area contributed by atoms with E-state index in [-0.39, 0.29) is 12.2 Å². The number of carbonyl (C=O) groups is 3. The molecule has 1 N–H and O–H groups in total. The van der Waals surface area contributed by atoms with Gasteiger partial charge in [0, 0.05) is 25.0 Å². The molecule has 3 rings (SSSR count). The van der Waals surface area contributed by atoms with E-state index < -0.39 is 24.0 Å². The second-order valence-corrected chi connectivity index (χ2v) is 5.29. The van der Waals surface area contributed by atoms with Crippen molar-refractivity contribution in [1.29, 1.82) is 0 Å². The largest absolute Gasteiger partial charge is 0.448 e. The molecular formula is C15H16N4O4. The van der Waals surface area contributed by atoms with Crippen LogP contribution in [-0.4, -0.2) is 51.4 Å². The lowest BCUT2D eigenvalue weighted by atomic mass is 10.3. The average molecular weight is 316 g/mol. The molecule has 0 spiro atoms. The highest BCUT2D eigenvalue weighted by Gasteiger charge is 2.32. The van der Waals surface area contributed by atoms with Crippen molar-refractivity contribution in [2.24, 2.45) is 0 Å². The molecule has 0 aromatic carbocycles. The number of amides is 3. The standard InChI is InChI=1S/C15H16N4O4/c1-9-4-3-5-12-17-11(8-19(9)12)14(21)23-10(2)13(20)18-7-6-16-15(18)22/h3-5,8,10H,6-7H2,1-2H3,(H,16,22)/t10-/m0/s1. The Morgan fingerprint density at radius 3 is 2.83 bits per heavy atom. The molecule has 2 aromatic rings. The van der Waals surface area contributed by atoms with E-state index in [0.29, 0.717) is 12.2 Å². The van der Waals surface area contributed by atoms with Crippen LogP contribution in [0.3, 0.4) is 0 Å². The topological polar surface area (TPSA) is 93.0 Å². The Morgan fingerprint density at radius 2 is 2.17 bits per heavy atom. The molecule has 0 radical (unpaired) electrons. The summed E-state index contributed by atoms with van der Waals surface area (Å²) in [6, 6.07) is 5.03. The molecular weight excluding hydrogens is 300 g/mol. The lowest BCUT2D eigenvalue weighted by molar-refractivity contribution is -0.136. The third-order valence-corrected chi connectivity index (χ3v) is 3.66. The molecule has 2 aromatic heterocycles. The third-order valence-electron chi connectivity index (χ3n) is 3.66. The van der Waals surface area contributed by atoms with E-state index in [1.54, 1.807) is 16.7 Å². The maximum atomic E-state index is 12.2. The predicted molar refractivity (Wildman–Crippen MR) is 79.9 cm³/mol. The van der Waals surface area contributed by atoms with Gasteiger partial charge in [-0.3, -0.25) is 9.69 Å². The number of nitrogens with zero attached hydrogens (tertiary/aromatic N) is 3. The Morgan fingerprint density at radius 1 is 1.39 bits per heavy atom. The van der Waals surface area contributed by atoms with Crippen LogP contribution < -0.4 is 5.32 Å². The maximum Gasteiger partial charge on any atom is 0.359 e. The summed E-state index contributed by atoms with van der Waals surface area (Å²) < 4.78 is 6.90. The molecule has 3 amide bonds. The molecule has 0 bridgehead atoms. The predicted octanol–water partition coefficient (Wildman–Crippen LogP) is 0.740. The number of pyridine rings is 1. The van der Waals surface area contributed by atoms with Gasteiger partial charge < -0.3 is 14.5 Å². The molecule has 1 fully saturated rings. The van der Waals surface area contributed by atoms with E-state index in [2.05, 4.69) is 10.3 Å². The zero-order valence-corrected chi connectivity index (χ0v) is 12.8. The van der Waals surface area contributed by atoms with Crippen LogP contribution in [0.1, 0.15) is 23.1 Å². The molecule has 3 heterocycles. The van der Waals surface area contributed by atoms with Gasteiger partial charge in [-0.25, -0.2) is 14.6 Å². The van der Waals surface area contributed by atoms with Crippen LogP contribution in [0.15, 0.2) is 24.4 Å². The van der Waals surface area contributed by atoms with E-state index in [1.165, 1.54) is 6.92 Å². The van der Waals surface area contributed by atoms with Gasteiger partial charge in [-0.05, 0) is 26.0 Å². The third kappa shape index (κ3) is 2.75. The van der Waals surface area contributed by atoms with Crippen LogP contribution in [0, 0.1) is 6.92 Å². The first-order valence-corrected chi connectivity index (χ1v) is 7.22. The fraction of sp³-hybridized carbons (Fsp3) is 0.333. The average Bonchev–Trinajstić information content (AvgIpc) is 3.13. The van der Waals surface area contributed by atoms with Crippen LogP contribution in [0.25, 0.3) is 5.65 Å². The van der Waals surface area contributed by atoms with Crippen molar-refractivity contribution in [3.8, 4) is 0 Å². The Balaban J connectivity index is 1.73. The van der Waals surface area contributed by atoms with Gasteiger partial charge in [0.15, 0.2) is 11.8 Å². The monoisotopic (exact) mass is 316 g/mol. The van der Waals surface area contributed by atoms with Gasteiger partial charge in [-0.2, -0.15) is 0 Å². The van der Waals surface area contributed by atoms with Gasteiger partial charge in [-0.1, -0.05) is 6.07 Å². The molecule has 1 atom stereocenters. The summed E-state index contributed by atoms with van der Waals surface area (Å²) in [5, 5.41) is 2.52. The number of aryl methyl sites for hydroxylation is 1. The summed E-state index contributed by atoms with van der Waals surface area (Å²) in [6.07, 6.45) is 0.504. The Hall–Kier alpha value is -2.90. The van der Waals surface area contributed by atoms with E-state index in [4.69, 9.17) is 4.74 Å². The fourth-order valence-electron chi connectivity index (χ4n) is 2.42. The first-order chi connectivity index (χ1) is 11.0. The zero-order chi connectivity index (χ0) is 16.6. The Labute approximate surface area is 132 Å². The van der Waals surface area contributed by atoms with Gasteiger partial charge in [0.05, 0.1) is 0 Å². The van der Waals surface area contributed by atoms with E-state index in [9.17, 15) is 14.4 Å². The first-order valence-electron chi connectivity index (χ1n) is 7.22. The van der Waals surface area contributed by atoms with Crippen LogP contribution in [0.5, 0.6) is 0 Å². The fourth-order valence-corrected chi connectivity index (χ4v) is 2.42. The lowest BCUT2D eigenvalue weighted by Crippen LogP contribution is -2.41. The summed E-state index contributed by atoms with van der Waals surface area (Å²) in [7, 11) is 0. The summed E-state index contributed by atoms with van der Waals surface area (Å²) in [5.41, 5.74) is 1.66. The minimum atomic E-state index is -1.06. The van der Waals surface area contributed by atoms with Crippen molar-refractivity contribution < 1.29 is 19.1 Å². The number of ether oxygens (including phenoxy) is 1. The SMILES string of the molecule is Cc1cccc2nc(C(=O)O[C@@H](C)C(=O)N3CCNC3=O)cn12.